The predicted molar refractivity (Wildman–Crippen MR) is 123 cm³/mol. The maximum Gasteiger partial charge on any atom is 0.407 e. The van der Waals surface area contributed by atoms with Crippen LogP contribution >= 0.6 is 0 Å². The number of rotatable bonds is 7. The molecule has 32 heavy (non-hydrogen) atoms. The van der Waals surface area contributed by atoms with Gasteiger partial charge in [0.25, 0.3) is 0 Å². The van der Waals surface area contributed by atoms with Crippen molar-refractivity contribution < 1.29 is 23.9 Å². The van der Waals surface area contributed by atoms with Gasteiger partial charge in [-0.15, -0.1) is 6.58 Å². The van der Waals surface area contributed by atoms with Crippen LogP contribution in [-0.4, -0.2) is 61.5 Å². The lowest BCUT2D eigenvalue weighted by atomic mass is 9.76. The number of aliphatic carboxylic acids is 1. The molecule has 4 rings (SSSR count). The zero-order chi connectivity index (χ0) is 22.9. The van der Waals surface area contributed by atoms with E-state index in [0.717, 1.165) is 28.8 Å². The van der Waals surface area contributed by atoms with Gasteiger partial charge in [-0.25, -0.2) is 9.59 Å². The number of carbonyl (C=O) groups is 2. The number of ether oxygens (including phenoxy) is 1. The lowest BCUT2D eigenvalue weighted by molar-refractivity contribution is -0.881. The number of quaternary nitrogens is 1. The molecular weight excluding hydrogens is 404 g/mol. The smallest absolute Gasteiger partial charge is 0.407 e. The van der Waals surface area contributed by atoms with E-state index in [4.69, 9.17) is 4.74 Å². The molecule has 0 aromatic heterocycles. The first-order valence-electron chi connectivity index (χ1n) is 11.0. The number of benzene rings is 2. The summed E-state index contributed by atoms with van der Waals surface area (Å²) in [6, 6.07) is 15.2. The highest BCUT2D eigenvalue weighted by molar-refractivity contribution is 5.81. The Morgan fingerprint density at radius 2 is 1.78 bits per heavy atom. The molecule has 1 aliphatic heterocycles. The summed E-state index contributed by atoms with van der Waals surface area (Å²) in [5, 5.41) is 12.6. The molecule has 1 saturated heterocycles. The molecule has 0 bridgehead atoms. The molecule has 2 N–H and O–H groups in total. The van der Waals surface area contributed by atoms with Gasteiger partial charge in [0.1, 0.15) is 12.6 Å². The van der Waals surface area contributed by atoms with Crippen molar-refractivity contribution in [2.75, 3.05) is 33.8 Å². The lowest BCUT2D eigenvalue weighted by Gasteiger charge is -2.34. The number of likely N-dealkylation sites (tertiary alicyclic amines) is 1. The first kappa shape index (κ1) is 22.1. The van der Waals surface area contributed by atoms with Gasteiger partial charge in [0, 0.05) is 12.3 Å². The van der Waals surface area contributed by atoms with Gasteiger partial charge < -0.3 is 19.6 Å². The van der Waals surface area contributed by atoms with Gasteiger partial charge in [-0.1, -0.05) is 54.6 Å². The minimum atomic E-state index is -1.04. The van der Waals surface area contributed by atoms with E-state index in [1.807, 2.05) is 24.3 Å². The maximum absolute atomic E-state index is 12.8. The fourth-order valence-corrected chi connectivity index (χ4v) is 5.58. The number of hydrogen-bond acceptors (Lipinski definition) is 3. The van der Waals surface area contributed by atoms with Crippen molar-refractivity contribution in [3.05, 3.63) is 72.3 Å². The summed E-state index contributed by atoms with van der Waals surface area (Å²) in [4.78, 5) is 25.0. The Morgan fingerprint density at radius 3 is 2.28 bits per heavy atom. The number of nitrogens with one attached hydrogen (secondary N) is 1. The van der Waals surface area contributed by atoms with Crippen LogP contribution in [0, 0.1) is 5.41 Å². The fraction of sp³-hybridized carbons (Fsp3) is 0.385. The first-order chi connectivity index (χ1) is 15.3. The molecule has 2 aromatic rings. The van der Waals surface area contributed by atoms with Crippen LogP contribution in [0.1, 0.15) is 29.9 Å². The molecule has 2 aliphatic rings. The van der Waals surface area contributed by atoms with Crippen LogP contribution in [0.2, 0.25) is 0 Å². The molecule has 0 spiro atoms. The second-order valence-electron chi connectivity index (χ2n) is 9.66. The van der Waals surface area contributed by atoms with Crippen molar-refractivity contribution in [2.24, 2.45) is 5.41 Å². The molecule has 168 valence electrons. The van der Waals surface area contributed by atoms with Crippen LogP contribution in [0.5, 0.6) is 0 Å². The average molecular weight is 436 g/mol. The second kappa shape index (κ2) is 8.43. The third-order valence-electron chi connectivity index (χ3n) is 6.97. The quantitative estimate of drug-likeness (QED) is 0.509. The van der Waals surface area contributed by atoms with E-state index in [-0.39, 0.29) is 12.5 Å². The van der Waals surface area contributed by atoms with E-state index in [1.165, 1.54) is 0 Å². The van der Waals surface area contributed by atoms with E-state index < -0.39 is 23.5 Å². The van der Waals surface area contributed by atoms with Gasteiger partial charge in [-0.3, -0.25) is 0 Å². The first-order valence-corrected chi connectivity index (χ1v) is 11.0. The highest BCUT2D eigenvalue weighted by Crippen LogP contribution is 2.44. The van der Waals surface area contributed by atoms with Crippen molar-refractivity contribution in [2.45, 2.75) is 24.8 Å². The van der Waals surface area contributed by atoms with Crippen molar-refractivity contribution >= 4 is 12.1 Å². The molecule has 1 aliphatic carbocycles. The van der Waals surface area contributed by atoms with Gasteiger partial charge in [0.15, 0.2) is 0 Å². The van der Waals surface area contributed by atoms with Crippen LogP contribution in [0.3, 0.4) is 0 Å². The number of carboxylic acids is 1. The van der Waals surface area contributed by atoms with E-state index in [1.54, 1.807) is 6.08 Å². The summed E-state index contributed by atoms with van der Waals surface area (Å²) in [5.41, 5.74) is 3.96. The molecule has 2 atom stereocenters. The van der Waals surface area contributed by atoms with E-state index in [0.29, 0.717) is 23.9 Å². The highest BCUT2D eigenvalue weighted by atomic mass is 16.5. The van der Waals surface area contributed by atoms with Gasteiger partial charge in [-0.2, -0.15) is 0 Å². The number of carboxylic acid groups (broad SMARTS) is 1. The van der Waals surface area contributed by atoms with Gasteiger partial charge >= 0.3 is 12.1 Å². The summed E-state index contributed by atoms with van der Waals surface area (Å²) in [7, 11) is 4.16. The largest absolute Gasteiger partial charge is 0.480 e. The summed E-state index contributed by atoms with van der Waals surface area (Å²) in [6.07, 6.45) is 2.28. The maximum atomic E-state index is 12.8. The molecule has 1 heterocycles. The van der Waals surface area contributed by atoms with Crippen LogP contribution in [0.15, 0.2) is 61.2 Å². The Hall–Kier alpha value is -3.12. The molecule has 0 unspecified atom stereocenters. The zero-order valence-electron chi connectivity index (χ0n) is 18.7. The molecule has 0 radical (unpaired) electrons. The molecule has 0 saturated carbocycles. The van der Waals surface area contributed by atoms with Crippen LogP contribution in [0.4, 0.5) is 4.79 Å². The SMILES string of the molecule is C=CC[C@@]1([C@@H](NC(=O)OCC2c3ccccc3-c3ccccc32)C(=O)O)CC[N+](C)(C)C1. The zero-order valence-corrected chi connectivity index (χ0v) is 18.7. The normalized spacial score (nSPS) is 21.9. The highest BCUT2D eigenvalue weighted by Gasteiger charge is 2.52. The number of carbonyl (C=O) groups excluding carboxylic acids is 1. The Labute approximate surface area is 189 Å². The summed E-state index contributed by atoms with van der Waals surface area (Å²) in [5.74, 6) is -1.11. The topological polar surface area (TPSA) is 75.6 Å². The van der Waals surface area contributed by atoms with E-state index >= 15 is 0 Å². The molecule has 2 aromatic carbocycles. The Morgan fingerprint density at radius 1 is 1.19 bits per heavy atom. The molecule has 1 fully saturated rings. The molecular formula is C26H31N2O4+. The monoisotopic (exact) mass is 435 g/mol. The van der Waals surface area contributed by atoms with Crippen molar-refractivity contribution in [1.29, 1.82) is 0 Å². The standard InChI is InChI=1S/C26H30N2O4/c1-4-13-26(14-15-28(2,3)17-26)23(24(29)30)27-25(31)32-16-22-20-11-7-5-9-18(20)19-10-6-8-12-21(19)22/h4-12,22-23H,1,13-17H2,2-3H3,(H-,27,29,30,31)/p+1/t23-,26+/m0/s1. The van der Waals surface area contributed by atoms with Crippen LogP contribution in [0.25, 0.3) is 11.1 Å². The third-order valence-corrected chi connectivity index (χ3v) is 6.97. The molecule has 1 amide bonds. The van der Waals surface area contributed by atoms with E-state index in [2.05, 4.69) is 50.3 Å². The van der Waals surface area contributed by atoms with Crippen LogP contribution < -0.4 is 5.32 Å². The number of alkyl carbamates (subject to hydrolysis) is 1. The number of nitrogens with zero attached hydrogens (tertiary/aromatic N) is 1. The number of fused-ring (bicyclic) bond motifs is 3. The molecule has 6 nitrogen and oxygen atoms in total. The average Bonchev–Trinajstić information content (AvgIpc) is 3.25. The summed E-state index contributed by atoms with van der Waals surface area (Å²) in [6.45, 7) is 5.48. The van der Waals surface area contributed by atoms with E-state index in [9.17, 15) is 14.7 Å². The predicted octanol–water partition coefficient (Wildman–Crippen LogP) is 4.02. The van der Waals surface area contributed by atoms with Crippen molar-refractivity contribution in [3.63, 3.8) is 0 Å². The van der Waals surface area contributed by atoms with Crippen molar-refractivity contribution in [1.82, 2.24) is 5.32 Å². The van der Waals surface area contributed by atoms with Crippen molar-refractivity contribution in [3.8, 4) is 11.1 Å². The van der Waals surface area contributed by atoms with Gasteiger partial charge in [0.2, 0.25) is 0 Å². The fourth-order valence-electron chi connectivity index (χ4n) is 5.58. The number of hydrogen-bond donors (Lipinski definition) is 2. The number of amides is 1. The second-order valence-corrected chi connectivity index (χ2v) is 9.66. The molecule has 6 heteroatoms. The third kappa shape index (κ3) is 4.02. The van der Waals surface area contributed by atoms with Gasteiger partial charge in [0.05, 0.1) is 32.6 Å². The summed E-state index contributed by atoms with van der Waals surface area (Å²) < 4.78 is 6.32. The Kier molecular flexibility index (Phi) is 5.82. The summed E-state index contributed by atoms with van der Waals surface area (Å²) >= 11 is 0. The number of allylic oxidation sites excluding steroid dienone is 1. The Bertz CT molecular complexity index is 1000. The lowest BCUT2D eigenvalue weighted by Crippen LogP contribution is -2.55. The minimum absolute atomic E-state index is 0.0688. The van der Waals surface area contributed by atoms with Gasteiger partial charge in [-0.05, 0) is 28.7 Å². The van der Waals surface area contributed by atoms with Crippen LogP contribution in [-0.2, 0) is 9.53 Å². The minimum Gasteiger partial charge on any atom is -0.480 e. The Balaban J connectivity index is 1.49.